The second kappa shape index (κ2) is 14.9. The SMILES string of the molecule is [C-]#[N+]c1cc(N2C(C)CCC2C)ccc1N=C1C(C)=Nn2nc(CCNC(=O)C(C)OCc3ccc(C(C)(C)CC)cc3C(C)(C)CC)nc21. The summed E-state index contributed by atoms with van der Waals surface area (Å²) in [4.78, 5) is 30.2. The van der Waals surface area contributed by atoms with E-state index in [1.165, 1.54) is 15.9 Å². The fraction of sp³-hybridized carbons (Fsp3) is 0.550. The van der Waals surface area contributed by atoms with E-state index in [4.69, 9.17) is 21.3 Å². The van der Waals surface area contributed by atoms with Crippen molar-refractivity contribution in [1.82, 2.24) is 20.2 Å². The Bertz CT molecular complexity index is 1820. The van der Waals surface area contributed by atoms with Crippen LogP contribution in [0.3, 0.4) is 0 Å². The lowest BCUT2D eigenvalue weighted by Crippen LogP contribution is -2.36. The zero-order valence-electron chi connectivity index (χ0n) is 31.6. The quantitative estimate of drug-likeness (QED) is 0.184. The van der Waals surface area contributed by atoms with Gasteiger partial charge in [-0.1, -0.05) is 59.7 Å². The summed E-state index contributed by atoms with van der Waals surface area (Å²) in [6.07, 6.45) is 4.16. The van der Waals surface area contributed by atoms with Crippen LogP contribution in [0.2, 0.25) is 0 Å². The molecule has 1 amide bonds. The molecule has 0 saturated carbocycles. The van der Waals surface area contributed by atoms with Crippen molar-refractivity contribution in [3.05, 3.63) is 76.2 Å². The topological polar surface area (TPSA) is 101 Å². The molecule has 0 aliphatic carbocycles. The smallest absolute Gasteiger partial charge is 0.248 e. The van der Waals surface area contributed by atoms with Crippen molar-refractivity contribution in [2.24, 2.45) is 10.1 Å². The van der Waals surface area contributed by atoms with Gasteiger partial charge >= 0.3 is 0 Å². The first kappa shape index (κ1) is 36.9. The maximum Gasteiger partial charge on any atom is 0.248 e. The van der Waals surface area contributed by atoms with Gasteiger partial charge in [-0.2, -0.15) is 5.10 Å². The van der Waals surface area contributed by atoms with Gasteiger partial charge in [0.2, 0.25) is 17.4 Å². The molecular weight excluding hydrogens is 624 g/mol. The molecule has 3 unspecified atom stereocenters. The molecule has 0 spiro atoms. The monoisotopic (exact) mass is 678 g/mol. The van der Waals surface area contributed by atoms with Crippen molar-refractivity contribution in [3.63, 3.8) is 0 Å². The largest absolute Gasteiger partial charge is 0.367 e. The third kappa shape index (κ3) is 7.68. The molecule has 266 valence electrons. The molecule has 1 saturated heterocycles. The molecule has 1 aromatic heterocycles. The summed E-state index contributed by atoms with van der Waals surface area (Å²) < 4.78 is 6.12. The van der Waals surface area contributed by atoms with Crippen molar-refractivity contribution >= 4 is 34.4 Å². The molecule has 3 atom stereocenters. The number of hydrogen-bond donors (Lipinski definition) is 1. The van der Waals surface area contributed by atoms with E-state index in [-0.39, 0.29) is 16.7 Å². The minimum Gasteiger partial charge on any atom is -0.367 e. The fourth-order valence-electron chi connectivity index (χ4n) is 6.71. The van der Waals surface area contributed by atoms with Crippen LogP contribution in [-0.4, -0.2) is 56.9 Å². The Morgan fingerprint density at radius 2 is 1.78 bits per heavy atom. The van der Waals surface area contributed by atoms with Crippen LogP contribution in [0.25, 0.3) is 4.85 Å². The van der Waals surface area contributed by atoms with Gasteiger partial charge in [0.05, 0.1) is 24.6 Å². The summed E-state index contributed by atoms with van der Waals surface area (Å²) in [5, 5.41) is 12.0. The lowest BCUT2D eigenvalue weighted by atomic mass is 9.75. The van der Waals surface area contributed by atoms with Gasteiger partial charge in [-0.25, -0.2) is 9.83 Å². The van der Waals surface area contributed by atoms with Crippen molar-refractivity contribution in [1.29, 1.82) is 0 Å². The summed E-state index contributed by atoms with van der Waals surface area (Å²) in [5.74, 6) is 0.902. The van der Waals surface area contributed by atoms with Crippen molar-refractivity contribution < 1.29 is 9.53 Å². The summed E-state index contributed by atoms with van der Waals surface area (Å²) in [6, 6.07) is 13.5. The summed E-state index contributed by atoms with van der Waals surface area (Å²) in [5.41, 5.74) is 7.21. The minimum atomic E-state index is -0.620. The molecule has 3 aromatic rings. The van der Waals surface area contributed by atoms with Crippen LogP contribution < -0.4 is 10.2 Å². The lowest BCUT2D eigenvalue weighted by molar-refractivity contribution is -0.132. The number of amides is 1. The molecule has 1 N–H and O–H groups in total. The number of rotatable bonds is 13. The molecule has 10 nitrogen and oxygen atoms in total. The predicted octanol–water partition coefficient (Wildman–Crippen LogP) is 8.20. The molecule has 10 heteroatoms. The molecule has 50 heavy (non-hydrogen) atoms. The molecular formula is C40H54N8O2. The van der Waals surface area contributed by atoms with Gasteiger partial charge < -0.3 is 15.0 Å². The van der Waals surface area contributed by atoms with Gasteiger partial charge in [-0.05, 0) is 99.1 Å². The molecule has 3 heterocycles. The Kier molecular flexibility index (Phi) is 11.0. The van der Waals surface area contributed by atoms with Crippen LogP contribution in [0, 0.1) is 6.57 Å². The van der Waals surface area contributed by atoms with Gasteiger partial charge in [0.1, 0.15) is 11.8 Å². The molecule has 5 rings (SSSR count). The Morgan fingerprint density at radius 1 is 1.08 bits per heavy atom. The van der Waals surface area contributed by atoms with Gasteiger partial charge in [0.15, 0.2) is 5.82 Å². The first-order valence-electron chi connectivity index (χ1n) is 18.1. The van der Waals surface area contributed by atoms with E-state index in [1.54, 1.807) is 6.92 Å². The third-order valence-electron chi connectivity index (χ3n) is 10.9. The molecule has 0 bridgehead atoms. The summed E-state index contributed by atoms with van der Waals surface area (Å²) >= 11 is 0. The number of fused-ring (bicyclic) bond motifs is 1. The van der Waals surface area contributed by atoms with Crippen LogP contribution in [-0.2, 0) is 33.4 Å². The minimum absolute atomic E-state index is 0.0101. The number of ether oxygens (including phenoxy) is 1. The van der Waals surface area contributed by atoms with Gasteiger partial charge in [0, 0.05) is 30.7 Å². The molecule has 2 aliphatic rings. The maximum absolute atomic E-state index is 13.0. The number of aromatic nitrogens is 3. The molecule has 1 fully saturated rings. The van der Waals surface area contributed by atoms with Crippen molar-refractivity contribution in [2.75, 3.05) is 11.4 Å². The van der Waals surface area contributed by atoms with E-state index in [0.29, 0.717) is 66.1 Å². The van der Waals surface area contributed by atoms with Gasteiger partial charge in [-0.15, -0.1) is 9.89 Å². The number of anilines is 1. The normalized spacial score (nSPS) is 19.0. The van der Waals surface area contributed by atoms with E-state index in [2.05, 4.69) is 98.9 Å². The predicted molar refractivity (Wildman–Crippen MR) is 202 cm³/mol. The number of hydrogen-bond acceptors (Lipinski definition) is 7. The first-order valence-corrected chi connectivity index (χ1v) is 18.1. The number of nitrogens with one attached hydrogen (secondary N) is 1. The standard InChI is InChI=1S/C40H54N8O2/c1-12-39(7,8)30-17-16-29(32(22-30)40(9,10)13-2)24-50-28(6)38(49)42-21-20-35-44-37-36(27(5)45-48(37)46-35)43-33-19-18-31(23-34(33)41-11)47-25(3)14-15-26(47)4/h16-19,22-23,25-26,28H,12-15,20-21,24H2,1-10H3,(H,42,49). The highest BCUT2D eigenvalue weighted by Gasteiger charge is 2.30. The van der Waals surface area contributed by atoms with E-state index in [9.17, 15) is 4.79 Å². The van der Waals surface area contributed by atoms with E-state index in [0.717, 1.165) is 36.9 Å². The Balaban J connectivity index is 1.20. The molecule has 2 aliphatic heterocycles. The van der Waals surface area contributed by atoms with Gasteiger partial charge in [-0.3, -0.25) is 9.79 Å². The number of carbonyl (C=O) groups excluding carboxylic acids is 1. The van der Waals surface area contributed by atoms with E-state index >= 15 is 0 Å². The maximum atomic E-state index is 13.0. The van der Waals surface area contributed by atoms with Crippen molar-refractivity contribution in [3.8, 4) is 0 Å². The number of aliphatic imine (C=N–C) groups is 1. The Hall–Kier alpha value is -4.36. The molecule has 0 radical (unpaired) electrons. The van der Waals surface area contributed by atoms with Gasteiger partial charge in [0.25, 0.3) is 0 Å². The number of benzene rings is 2. The Morgan fingerprint density at radius 3 is 2.44 bits per heavy atom. The van der Waals surface area contributed by atoms with Crippen LogP contribution in [0.4, 0.5) is 17.1 Å². The lowest BCUT2D eigenvalue weighted by Gasteiger charge is -2.31. The third-order valence-corrected chi connectivity index (χ3v) is 10.9. The first-order chi connectivity index (χ1) is 23.7. The average molecular weight is 679 g/mol. The zero-order valence-corrected chi connectivity index (χ0v) is 31.6. The second-order valence-electron chi connectivity index (χ2n) is 15.2. The van der Waals surface area contributed by atoms with E-state index < -0.39 is 6.10 Å². The number of carbonyl (C=O) groups is 1. The van der Waals surface area contributed by atoms with E-state index in [1.807, 2.05) is 25.1 Å². The Labute approximate surface area is 298 Å². The highest BCUT2D eigenvalue weighted by molar-refractivity contribution is 6.48. The summed E-state index contributed by atoms with van der Waals surface area (Å²) in [6.45, 7) is 30.2. The zero-order chi connectivity index (χ0) is 36.4. The van der Waals surface area contributed by atoms with Crippen LogP contribution in [0.1, 0.15) is 123 Å². The highest BCUT2D eigenvalue weighted by Crippen LogP contribution is 2.38. The average Bonchev–Trinajstić information content (AvgIpc) is 3.74. The van der Waals surface area contributed by atoms with Crippen molar-refractivity contribution in [2.45, 2.75) is 137 Å². The highest BCUT2D eigenvalue weighted by atomic mass is 16.5. The second-order valence-corrected chi connectivity index (χ2v) is 15.2. The number of nitrogens with zero attached hydrogens (tertiary/aromatic N) is 7. The summed E-state index contributed by atoms with van der Waals surface area (Å²) in [7, 11) is 0. The van der Waals surface area contributed by atoms with Crippen LogP contribution in [0.5, 0.6) is 0 Å². The molecule has 2 aromatic carbocycles. The fourth-order valence-corrected chi connectivity index (χ4v) is 6.71. The van der Waals surface area contributed by atoms with Crippen LogP contribution >= 0.6 is 0 Å². The van der Waals surface area contributed by atoms with Crippen LogP contribution in [0.15, 0.2) is 46.5 Å².